The van der Waals surface area contributed by atoms with Gasteiger partial charge < -0.3 is 4.90 Å². The minimum absolute atomic E-state index is 0.613. The predicted molar refractivity (Wildman–Crippen MR) is 73.1 cm³/mol. The summed E-state index contributed by atoms with van der Waals surface area (Å²) in [5, 5.41) is 2.10. The third-order valence-electron chi connectivity index (χ3n) is 3.10. The van der Waals surface area contributed by atoms with Crippen LogP contribution in [0, 0.1) is 0 Å². The molecule has 4 heteroatoms. The van der Waals surface area contributed by atoms with E-state index in [9.17, 15) is 4.79 Å². The van der Waals surface area contributed by atoms with Gasteiger partial charge in [0.15, 0.2) is 6.29 Å². The van der Waals surface area contributed by atoms with Crippen LogP contribution < -0.4 is 4.90 Å². The number of hydrogen-bond donors (Lipinski definition) is 0. The van der Waals surface area contributed by atoms with E-state index >= 15 is 0 Å². The number of carbonyl (C=O) groups excluding carboxylic acids is 1. The number of carbonyl (C=O) groups is 1. The molecule has 2 heterocycles. The van der Waals surface area contributed by atoms with Crippen LogP contribution in [0.25, 0.3) is 0 Å². The van der Waals surface area contributed by atoms with Gasteiger partial charge in [0.05, 0.1) is 6.54 Å². The molecule has 1 aliphatic carbocycles. The molecule has 3 nitrogen and oxygen atoms in total. The highest BCUT2D eigenvalue weighted by atomic mass is 32.1. The van der Waals surface area contributed by atoms with Gasteiger partial charge in [0.1, 0.15) is 5.82 Å². The molecule has 18 heavy (non-hydrogen) atoms. The van der Waals surface area contributed by atoms with Gasteiger partial charge in [-0.25, -0.2) is 4.98 Å². The van der Waals surface area contributed by atoms with Crippen molar-refractivity contribution in [2.75, 3.05) is 4.90 Å². The van der Waals surface area contributed by atoms with E-state index < -0.39 is 0 Å². The summed E-state index contributed by atoms with van der Waals surface area (Å²) in [7, 11) is 0. The van der Waals surface area contributed by atoms with Crippen LogP contribution in [0.1, 0.15) is 28.1 Å². The Morgan fingerprint density at radius 3 is 2.83 bits per heavy atom. The fourth-order valence-corrected chi connectivity index (χ4v) is 2.69. The van der Waals surface area contributed by atoms with Crippen molar-refractivity contribution < 1.29 is 4.79 Å². The number of aldehydes is 1. The van der Waals surface area contributed by atoms with Crippen LogP contribution in [0.5, 0.6) is 0 Å². The van der Waals surface area contributed by atoms with Crippen LogP contribution in [-0.2, 0) is 6.54 Å². The molecule has 0 aliphatic heterocycles. The summed E-state index contributed by atoms with van der Waals surface area (Å²) in [5.41, 5.74) is 0.630. The van der Waals surface area contributed by atoms with Crippen LogP contribution in [0.2, 0.25) is 0 Å². The number of pyridine rings is 1. The molecule has 0 unspecified atom stereocenters. The van der Waals surface area contributed by atoms with Gasteiger partial charge in [0.2, 0.25) is 0 Å². The molecule has 0 aromatic carbocycles. The molecule has 3 rings (SSSR count). The molecular weight excluding hydrogens is 244 g/mol. The Kier molecular flexibility index (Phi) is 3.11. The lowest BCUT2D eigenvalue weighted by Crippen LogP contribution is -2.25. The monoisotopic (exact) mass is 258 g/mol. The molecule has 1 saturated carbocycles. The molecule has 1 aliphatic rings. The summed E-state index contributed by atoms with van der Waals surface area (Å²) in [6.07, 6.45) is 4.95. The van der Waals surface area contributed by atoms with E-state index in [0.717, 1.165) is 18.6 Å². The Balaban J connectivity index is 1.82. The standard InChI is InChI=1S/C14H14N2OS/c17-10-11-3-6-14(15-8-11)16(12-4-5-12)9-13-2-1-7-18-13/h1-3,6-8,10,12H,4-5,9H2. The average Bonchev–Trinajstić information content (AvgIpc) is 3.13. The zero-order valence-electron chi connectivity index (χ0n) is 9.95. The summed E-state index contributed by atoms with van der Waals surface area (Å²) in [5.74, 6) is 0.969. The number of thiophene rings is 1. The number of anilines is 1. The highest BCUT2D eigenvalue weighted by molar-refractivity contribution is 7.09. The van der Waals surface area contributed by atoms with Crippen molar-refractivity contribution in [2.24, 2.45) is 0 Å². The van der Waals surface area contributed by atoms with Gasteiger partial charge in [-0.1, -0.05) is 6.07 Å². The Bertz CT molecular complexity index is 517. The van der Waals surface area contributed by atoms with E-state index in [1.807, 2.05) is 12.1 Å². The second-order valence-electron chi connectivity index (χ2n) is 4.51. The van der Waals surface area contributed by atoms with Crippen molar-refractivity contribution in [3.8, 4) is 0 Å². The summed E-state index contributed by atoms with van der Waals surface area (Å²) in [4.78, 5) is 18.7. The zero-order chi connectivity index (χ0) is 12.4. The molecule has 0 saturated heterocycles. The highest BCUT2D eigenvalue weighted by Crippen LogP contribution is 2.32. The Morgan fingerprint density at radius 1 is 1.39 bits per heavy atom. The first kappa shape index (κ1) is 11.4. The Morgan fingerprint density at radius 2 is 2.28 bits per heavy atom. The van der Waals surface area contributed by atoms with Crippen molar-refractivity contribution >= 4 is 23.4 Å². The van der Waals surface area contributed by atoms with E-state index in [1.54, 1.807) is 17.5 Å². The quantitative estimate of drug-likeness (QED) is 0.773. The minimum Gasteiger partial charge on any atom is -0.348 e. The lowest BCUT2D eigenvalue weighted by Gasteiger charge is -2.22. The molecule has 92 valence electrons. The normalized spacial score (nSPS) is 14.4. The van der Waals surface area contributed by atoms with Crippen molar-refractivity contribution in [1.82, 2.24) is 4.98 Å². The van der Waals surface area contributed by atoms with Gasteiger partial charge >= 0.3 is 0 Å². The number of hydrogen-bond acceptors (Lipinski definition) is 4. The van der Waals surface area contributed by atoms with Crippen molar-refractivity contribution in [1.29, 1.82) is 0 Å². The van der Waals surface area contributed by atoms with Crippen molar-refractivity contribution in [2.45, 2.75) is 25.4 Å². The van der Waals surface area contributed by atoms with Gasteiger partial charge in [-0.2, -0.15) is 0 Å². The van der Waals surface area contributed by atoms with Gasteiger partial charge in [0.25, 0.3) is 0 Å². The van der Waals surface area contributed by atoms with Gasteiger partial charge in [0, 0.05) is 22.7 Å². The maximum Gasteiger partial charge on any atom is 0.151 e. The SMILES string of the molecule is O=Cc1ccc(N(Cc2cccs2)C2CC2)nc1. The zero-order valence-corrected chi connectivity index (χ0v) is 10.8. The maximum absolute atomic E-state index is 10.6. The van der Waals surface area contributed by atoms with E-state index in [1.165, 1.54) is 17.7 Å². The van der Waals surface area contributed by atoms with Crippen LogP contribution in [-0.4, -0.2) is 17.3 Å². The molecule has 2 aromatic rings. The fraction of sp³-hybridized carbons (Fsp3) is 0.286. The smallest absolute Gasteiger partial charge is 0.151 e. The first-order valence-corrected chi connectivity index (χ1v) is 6.95. The van der Waals surface area contributed by atoms with Crippen LogP contribution in [0.4, 0.5) is 5.82 Å². The van der Waals surface area contributed by atoms with E-state index in [2.05, 4.69) is 27.4 Å². The first-order chi connectivity index (χ1) is 8.86. The number of rotatable bonds is 5. The average molecular weight is 258 g/mol. The third-order valence-corrected chi connectivity index (χ3v) is 3.96. The number of nitrogens with zero attached hydrogens (tertiary/aromatic N) is 2. The molecule has 0 bridgehead atoms. The van der Waals surface area contributed by atoms with Crippen LogP contribution in [0.3, 0.4) is 0 Å². The summed E-state index contributed by atoms with van der Waals surface area (Å²) in [6.45, 7) is 0.912. The molecule has 1 fully saturated rings. The predicted octanol–water partition coefficient (Wildman–Crippen LogP) is 3.12. The van der Waals surface area contributed by atoms with Gasteiger partial charge in [-0.15, -0.1) is 11.3 Å². The third kappa shape index (κ3) is 2.43. The summed E-state index contributed by atoms with van der Waals surface area (Å²) >= 11 is 1.77. The Labute approximate surface area is 110 Å². The lowest BCUT2D eigenvalue weighted by molar-refractivity contribution is 0.112. The van der Waals surface area contributed by atoms with Crippen molar-refractivity contribution in [3.63, 3.8) is 0 Å². The summed E-state index contributed by atoms with van der Waals surface area (Å²) in [6, 6.07) is 8.62. The van der Waals surface area contributed by atoms with E-state index in [-0.39, 0.29) is 0 Å². The number of aromatic nitrogens is 1. The fourth-order valence-electron chi connectivity index (χ4n) is 1.99. The molecular formula is C14H14N2OS. The summed E-state index contributed by atoms with van der Waals surface area (Å²) < 4.78 is 0. The first-order valence-electron chi connectivity index (χ1n) is 6.07. The van der Waals surface area contributed by atoms with Crippen LogP contribution in [0.15, 0.2) is 35.8 Å². The molecule has 0 atom stereocenters. The largest absolute Gasteiger partial charge is 0.348 e. The Hall–Kier alpha value is -1.68. The minimum atomic E-state index is 0.613. The molecule has 2 aromatic heterocycles. The van der Waals surface area contributed by atoms with Crippen LogP contribution >= 0.6 is 11.3 Å². The lowest BCUT2D eigenvalue weighted by atomic mass is 10.3. The second-order valence-corrected chi connectivity index (χ2v) is 5.54. The van der Waals surface area contributed by atoms with Gasteiger partial charge in [-0.3, -0.25) is 4.79 Å². The van der Waals surface area contributed by atoms with Crippen molar-refractivity contribution in [3.05, 3.63) is 46.3 Å². The molecule has 0 radical (unpaired) electrons. The second kappa shape index (κ2) is 4.90. The molecule has 0 N–H and O–H groups in total. The van der Waals surface area contributed by atoms with Gasteiger partial charge in [-0.05, 0) is 36.4 Å². The topological polar surface area (TPSA) is 33.2 Å². The molecule has 0 spiro atoms. The maximum atomic E-state index is 10.6. The highest BCUT2D eigenvalue weighted by Gasteiger charge is 2.30. The van der Waals surface area contributed by atoms with E-state index in [0.29, 0.717) is 11.6 Å². The van der Waals surface area contributed by atoms with E-state index in [4.69, 9.17) is 0 Å². The molecule has 0 amide bonds.